The van der Waals surface area contributed by atoms with Crippen LogP contribution in [-0.4, -0.2) is 43.7 Å². The van der Waals surface area contributed by atoms with E-state index in [9.17, 15) is 5.11 Å². The molecule has 0 radical (unpaired) electrons. The van der Waals surface area contributed by atoms with Gasteiger partial charge in [-0.3, -0.25) is 0 Å². The topological polar surface area (TPSA) is 38.3 Å². The largest absolute Gasteiger partial charge is 1.00 e. The van der Waals surface area contributed by atoms with Crippen molar-refractivity contribution in [3.05, 3.63) is 0 Å². The van der Waals surface area contributed by atoms with Gasteiger partial charge in [-0.2, -0.15) is 0 Å². The van der Waals surface area contributed by atoms with Gasteiger partial charge in [0.15, 0.2) is 0 Å². The second-order valence-corrected chi connectivity index (χ2v) is 3.90. The van der Waals surface area contributed by atoms with E-state index in [1.165, 1.54) is 19.4 Å². The Morgan fingerprint density at radius 1 is 1.38 bits per heavy atom. The van der Waals surface area contributed by atoms with Gasteiger partial charge in [-0.05, 0) is 38.4 Å². The third-order valence-corrected chi connectivity index (χ3v) is 3.15. The van der Waals surface area contributed by atoms with E-state index in [-0.39, 0.29) is 58.0 Å². The van der Waals surface area contributed by atoms with Crippen molar-refractivity contribution in [2.24, 2.45) is 5.92 Å². The van der Waals surface area contributed by atoms with Crippen molar-refractivity contribution >= 4 is 0 Å². The first-order valence-corrected chi connectivity index (χ1v) is 4.94. The summed E-state index contributed by atoms with van der Waals surface area (Å²) in [4.78, 5) is 2.32. The van der Waals surface area contributed by atoms with Gasteiger partial charge in [0, 0.05) is 12.6 Å². The summed E-state index contributed by atoms with van der Waals surface area (Å²) in [5, 5.41) is 13.9. The normalized spacial score (nSPS) is 33.9. The van der Waals surface area contributed by atoms with Gasteiger partial charge in [-0.1, -0.05) is 0 Å². The summed E-state index contributed by atoms with van der Waals surface area (Å²) >= 11 is 0. The van der Waals surface area contributed by atoms with Crippen LogP contribution in [0.1, 0.15) is 12.8 Å². The maximum Gasteiger partial charge on any atom is 1.00 e. The molecule has 0 bridgehead atoms. The van der Waals surface area contributed by atoms with Gasteiger partial charge in [0.25, 0.3) is 0 Å². The van der Waals surface area contributed by atoms with Gasteiger partial charge in [-0.15, -0.1) is 6.61 Å². The molecular weight excluding hydrogens is 191 g/mol. The SMILES string of the molecule is [K+].[O-]CCN1CCC2NCCC2C1. The molecule has 3 nitrogen and oxygen atoms in total. The molecule has 0 spiro atoms. The Balaban J connectivity index is 0.000000845. The Morgan fingerprint density at radius 3 is 3.00 bits per heavy atom. The summed E-state index contributed by atoms with van der Waals surface area (Å²) in [6.07, 6.45) is 2.55. The number of hydrogen-bond acceptors (Lipinski definition) is 3. The molecule has 70 valence electrons. The summed E-state index contributed by atoms with van der Waals surface area (Å²) in [5.41, 5.74) is 0. The Kier molecular flexibility index (Phi) is 5.98. The minimum absolute atomic E-state index is 0. The van der Waals surface area contributed by atoms with E-state index in [0.29, 0.717) is 0 Å². The van der Waals surface area contributed by atoms with E-state index in [1.807, 2.05) is 0 Å². The third kappa shape index (κ3) is 3.24. The molecule has 0 aromatic carbocycles. The molecule has 2 unspecified atom stereocenters. The van der Waals surface area contributed by atoms with Crippen molar-refractivity contribution in [2.75, 3.05) is 32.8 Å². The summed E-state index contributed by atoms with van der Waals surface area (Å²) in [5.74, 6) is 0.824. The van der Waals surface area contributed by atoms with Crippen molar-refractivity contribution in [1.82, 2.24) is 10.2 Å². The van der Waals surface area contributed by atoms with Crippen molar-refractivity contribution < 1.29 is 56.5 Å². The Bertz CT molecular complexity index is 157. The third-order valence-electron chi connectivity index (χ3n) is 3.15. The van der Waals surface area contributed by atoms with Crippen molar-refractivity contribution in [3.8, 4) is 0 Å². The molecule has 2 saturated heterocycles. The first-order chi connectivity index (χ1) is 5.90. The van der Waals surface area contributed by atoms with Crippen LogP contribution >= 0.6 is 0 Å². The zero-order valence-corrected chi connectivity index (χ0v) is 11.6. The van der Waals surface area contributed by atoms with Crippen LogP contribution in [0.5, 0.6) is 0 Å². The fourth-order valence-electron chi connectivity index (χ4n) is 2.46. The molecule has 2 aliphatic heterocycles. The minimum atomic E-state index is 0. The van der Waals surface area contributed by atoms with Crippen LogP contribution in [0.3, 0.4) is 0 Å². The number of piperidine rings is 1. The van der Waals surface area contributed by atoms with E-state index in [1.54, 1.807) is 0 Å². The average Bonchev–Trinajstić information content (AvgIpc) is 2.51. The number of nitrogens with zero attached hydrogens (tertiary/aromatic N) is 1. The molecule has 2 rings (SSSR count). The molecule has 2 fully saturated rings. The van der Waals surface area contributed by atoms with Gasteiger partial charge in [-0.25, -0.2) is 0 Å². The van der Waals surface area contributed by atoms with Crippen molar-refractivity contribution in [1.29, 1.82) is 0 Å². The maximum atomic E-state index is 10.4. The summed E-state index contributed by atoms with van der Waals surface area (Å²) in [7, 11) is 0. The first-order valence-electron chi connectivity index (χ1n) is 4.94. The van der Waals surface area contributed by atoms with Crippen LogP contribution in [0.15, 0.2) is 0 Å². The second kappa shape index (κ2) is 6.18. The van der Waals surface area contributed by atoms with Gasteiger partial charge in [0.1, 0.15) is 0 Å². The first kappa shape index (κ1) is 12.6. The molecule has 2 heterocycles. The van der Waals surface area contributed by atoms with E-state index >= 15 is 0 Å². The van der Waals surface area contributed by atoms with Gasteiger partial charge < -0.3 is 15.3 Å². The van der Waals surface area contributed by atoms with Crippen LogP contribution < -0.4 is 61.8 Å². The maximum absolute atomic E-state index is 10.4. The molecule has 13 heavy (non-hydrogen) atoms. The van der Waals surface area contributed by atoms with Crippen LogP contribution in [0.4, 0.5) is 0 Å². The number of fused-ring (bicyclic) bond motifs is 1. The van der Waals surface area contributed by atoms with E-state index in [4.69, 9.17) is 0 Å². The standard InChI is InChI=1S/C9H17N2O.K/c12-6-5-11-4-2-9-8(7-11)1-3-10-9;/h8-10H,1-7H2;/q-1;+1. The summed E-state index contributed by atoms with van der Waals surface area (Å²) < 4.78 is 0. The minimum Gasteiger partial charge on any atom is -0.854 e. The number of nitrogens with one attached hydrogen (secondary N) is 1. The van der Waals surface area contributed by atoms with Crippen LogP contribution in [0.2, 0.25) is 0 Å². The number of rotatable bonds is 2. The Morgan fingerprint density at radius 2 is 2.23 bits per heavy atom. The predicted molar refractivity (Wildman–Crippen MR) is 45.8 cm³/mol. The monoisotopic (exact) mass is 208 g/mol. The fraction of sp³-hybridized carbons (Fsp3) is 1.00. The van der Waals surface area contributed by atoms with Crippen molar-refractivity contribution in [2.45, 2.75) is 18.9 Å². The molecule has 0 saturated carbocycles. The molecular formula is C9H17KN2O. The smallest absolute Gasteiger partial charge is 0.854 e. The van der Waals surface area contributed by atoms with Crippen LogP contribution in [0, 0.1) is 5.92 Å². The van der Waals surface area contributed by atoms with Crippen LogP contribution in [0.25, 0.3) is 0 Å². The van der Waals surface area contributed by atoms with E-state index in [2.05, 4.69) is 10.2 Å². The summed E-state index contributed by atoms with van der Waals surface area (Å²) in [6, 6.07) is 0.757. The van der Waals surface area contributed by atoms with Crippen LogP contribution in [-0.2, 0) is 0 Å². The second-order valence-electron chi connectivity index (χ2n) is 3.90. The van der Waals surface area contributed by atoms with Gasteiger partial charge in [0.2, 0.25) is 0 Å². The number of likely N-dealkylation sites (tertiary alicyclic amines) is 1. The number of hydrogen-bond donors (Lipinski definition) is 1. The van der Waals surface area contributed by atoms with Gasteiger partial charge in [0.05, 0.1) is 0 Å². The molecule has 2 atom stereocenters. The zero-order chi connectivity index (χ0) is 8.39. The van der Waals surface area contributed by atoms with E-state index < -0.39 is 0 Å². The molecule has 0 aromatic heterocycles. The molecule has 0 aliphatic carbocycles. The molecule has 0 amide bonds. The molecule has 1 N–H and O–H groups in total. The average molecular weight is 208 g/mol. The summed E-state index contributed by atoms with van der Waals surface area (Å²) in [6.45, 7) is 4.27. The Labute approximate surface area is 123 Å². The van der Waals surface area contributed by atoms with Gasteiger partial charge >= 0.3 is 51.4 Å². The quantitative estimate of drug-likeness (QED) is 0.471. The fourth-order valence-corrected chi connectivity index (χ4v) is 2.46. The molecule has 2 aliphatic rings. The van der Waals surface area contributed by atoms with Crippen molar-refractivity contribution in [3.63, 3.8) is 0 Å². The zero-order valence-electron chi connectivity index (χ0n) is 8.46. The van der Waals surface area contributed by atoms with E-state index in [0.717, 1.165) is 31.6 Å². The Hall–Kier alpha value is 1.52. The molecule has 0 aromatic rings. The predicted octanol–water partition coefficient (Wildman–Crippen LogP) is -3.97. The molecule has 4 heteroatoms.